The molecule has 34 heavy (non-hydrogen) atoms. The van der Waals surface area contributed by atoms with Crippen molar-refractivity contribution in [2.75, 3.05) is 12.4 Å². The maximum absolute atomic E-state index is 14.3. The first-order valence-corrected chi connectivity index (χ1v) is 10.4. The van der Waals surface area contributed by atoms with Crippen LogP contribution in [0.25, 0.3) is 22.7 Å². The number of nitrogens with zero attached hydrogens (tertiary/aromatic N) is 6. The molecule has 0 atom stereocenters. The minimum absolute atomic E-state index is 0.189. The zero-order valence-electron chi connectivity index (χ0n) is 18.3. The number of benzene rings is 1. The molecule has 4 aromatic heterocycles. The molecule has 4 heterocycles. The van der Waals surface area contributed by atoms with Gasteiger partial charge >= 0.3 is 0 Å². The Morgan fingerprint density at radius 1 is 0.971 bits per heavy atom. The number of halogens is 2. The molecule has 0 aliphatic heterocycles. The van der Waals surface area contributed by atoms with Crippen LogP contribution in [-0.2, 0) is 6.54 Å². The highest BCUT2D eigenvalue weighted by Crippen LogP contribution is 2.28. The predicted octanol–water partition coefficient (Wildman–Crippen LogP) is 4.67. The van der Waals surface area contributed by atoms with Crippen LogP contribution in [-0.4, -0.2) is 36.6 Å². The lowest BCUT2D eigenvalue weighted by molar-refractivity contribution is 0.414. The van der Waals surface area contributed by atoms with Crippen molar-refractivity contribution in [1.29, 1.82) is 0 Å². The van der Waals surface area contributed by atoms with Gasteiger partial charge in [0.15, 0.2) is 28.6 Å². The van der Waals surface area contributed by atoms with Crippen molar-refractivity contribution in [1.82, 2.24) is 29.5 Å². The molecule has 0 amide bonds. The molecule has 0 spiro atoms. The molecule has 10 heteroatoms. The molecule has 0 fully saturated rings. The van der Waals surface area contributed by atoms with Gasteiger partial charge in [-0.3, -0.25) is 4.98 Å². The van der Waals surface area contributed by atoms with Crippen molar-refractivity contribution in [3.63, 3.8) is 0 Å². The van der Waals surface area contributed by atoms with Gasteiger partial charge in [0, 0.05) is 6.20 Å². The van der Waals surface area contributed by atoms with E-state index in [0.29, 0.717) is 29.2 Å². The number of anilines is 2. The first-order valence-electron chi connectivity index (χ1n) is 10.4. The van der Waals surface area contributed by atoms with Crippen molar-refractivity contribution in [2.45, 2.75) is 13.5 Å². The SMILES string of the molecule is COc1ccc(Cn2cnc3c(Nc4ccncc4F)nc(-c4ccc(F)c(C)n4)nc32)cc1. The van der Waals surface area contributed by atoms with Crippen molar-refractivity contribution >= 4 is 22.7 Å². The van der Waals surface area contributed by atoms with E-state index < -0.39 is 11.6 Å². The van der Waals surface area contributed by atoms with E-state index in [9.17, 15) is 8.78 Å². The Balaban J connectivity index is 1.63. The van der Waals surface area contributed by atoms with E-state index in [1.165, 1.54) is 24.4 Å². The van der Waals surface area contributed by atoms with E-state index in [1.54, 1.807) is 20.4 Å². The first kappa shape index (κ1) is 21.4. The summed E-state index contributed by atoms with van der Waals surface area (Å²) >= 11 is 0. The van der Waals surface area contributed by atoms with E-state index >= 15 is 0 Å². The van der Waals surface area contributed by atoms with Crippen LogP contribution in [0.5, 0.6) is 5.75 Å². The third-order valence-corrected chi connectivity index (χ3v) is 5.25. The Morgan fingerprint density at radius 3 is 2.53 bits per heavy atom. The summed E-state index contributed by atoms with van der Waals surface area (Å²) in [6, 6.07) is 12.0. The van der Waals surface area contributed by atoms with Crippen LogP contribution < -0.4 is 10.1 Å². The lowest BCUT2D eigenvalue weighted by Gasteiger charge is -2.11. The number of aryl methyl sites for hydroxylation is 1. The summed E-state index contributed by atoms with van der Waals surface area (Å²) in [7, 11) is 1.61. The Labute approximate surface area is 193 Å². The second kappa shape index (κ2) is 8.81. The first-order chi connectivity index (χ1) is 16.5. The number of pyridine rings is 2. The molecular formula is C24H19F2N7O. The normalized spacial score (nSPS) is 11.1. The number of hydrogen-bond donors (Lipinski definition) is 1. The van der Waals surface area contributed by atoms with Gasteiger partial charge in [-0.15, -0.1) is 0 Å². The van der Waals surface area contributed by atoms with Crippen LogP contribution in [0.15, 0.2) is 61.2 Å². The molecule has 8 nitrogen and oxygen atoms in total. The fraction of sp³-hybridized carbons (Fsp3) is 0.125. The number of rotatable bonds is 6. The number of methoxy groups -OCH3 is 1. The van der Waals surface area contributed by atoms with Gasteiger partial charge in [-0.1, -0.05) is 12.1 Å². The Bertz CT molecular complexity index is 1490. The topological polar surface area (TPSA) is 90.6 Å². The van der Waals surface area contributed by atoms with Crippen LogP contribution >= 0.6 is 0 Å². The minimum Gasteiger partial charge on any atom is -0.497 e. The van der Waals surface area contributed by atoms with Crippen molar-refractivity contribution < 1.29 is 13.5 Å². The molecule has 0 saturated carbocycles. The van der Waals surface area contributed by atoms with E-state index in [1.807, 2.05) is 28.8 Å². The molecule has 0 aliphatic rings. The molecule has 170 valence electrons. The predicted molar refractivity (Wildman–Crippen MR) is 123 cm³/mol. The van der Waals surface area contributed by atoms with Gasteiger partial charge in [0.25, 0.3) is 0 Å². The third kappa shape index (κ3) is 4.13. The fourth-order valence-electron chi connectivity index (χ4n) is 3.46. The Kier molecular flexibility index (Phi) is 5.54. The molecule has 0 aliphatic carbocycles. The van der Waals surface area contributed by atoms with E-state index in [4.69, 9.17) is 4.74 Å². The number of imidazole rings is 1. The summed E-state index contributed by atoms with van der Waals surface area (Å²) in [6.45, 7) is 2.05. The monoisotopic (exact) mass is 459 g/mol. The molecular weight excluding hydrogens is 440 g/mol. The zero-order chi connectivity index (χ0) is 23.7. The van der Waals surface area contributed by atoms with Gasteiger partial charge in [0.1, 0.15) is 17.3 Å². The van der Waals surface area contributed by atoms with Gasteiger partial charge in [-0.25, -0.2) is 28.7 Å². The van der Waals surface area contributed by atoms with Crippen LogP contribution in [0.1, 0.15) is 11.3 Å². The molecule has 5 aromatic rings. The lowest BCUT2D eigenvalue weighted by Crippen LogP contribution is -2.05. The van der Waals surface area contributed by atoms with E-state index in [-0.39, 0.29) is 17.2 Å². The van der Waals surface area contributed by atoms with Crippen LogP contribution in [0, 0.1) is 18.6 Å². The third-order valence-electron chi connectivity index (χ3n) is 5.25. The Morgan fingerprint density at radius 2 is 1.79 bits per heavy atom. The molecule has 0 saturated heterocycles. The number of hydrogen-bond acceptors (Lipinski definition) is 7. The quantitative estimate of drug-likeness (QED) is 0.395. The minimum atomic E-state index is -0.538. The summed E-state index contributed by atoms with van der Waals surface area (Å²) in [5, 5.41) is 2.98. The summed E-state index contributed by atoms with van der Waals surface area (Å²) in [4.78, 5) is 21.7. The van der Waals surface area contributed by atoms with Gasteiger partial charge < -0.3 is 14.6 Å². The van der Waals surface area contributed by atoms with Crippen LogP contribution in [0.3, 0.4) is 0 Å². The van der Waals surface area contributed by atoms with Gasteiger partial charge in [-0.2, -0.15) is 0 Å². The lowest BCUT2D eigenvalue weighted by atomic mass is 10.2. The highest BCUT2D eigenvalue weighted by Gasteiger charge is 2.17. The standard InChI is InChI=1S/C24H19F2N7O/c1-14-17(25)7-8-20(29-14)22-31-23(30-19-9-10-27-11-18(19)26)21-24(32-22)33(13-28-21)12-15-3-5-16(34-2)6-4-15/h3-11,13H,12H2,1-2H3,(H,27,30,31,32). The average molecular weight is 459 g/mol. The molecule has 0 radical (unpaired) electrons. The second-order valence-electron chi connectivity index (χ2n) is 7.53. The van der Waals surface area contributed by atoms with Crippen molar-refractivity contribution in [3.05, 3.63) is 84.1 Å². The number of aromatic nitrogens is 6. The Hall–Kier alpha value is -4.47. The molecule has 1 N–H and O–H groups in total. The van der Waals surface area contributed by atoms with Gasteiger partial charge in [-0.05, 0) is 42.8 Å². The van der Waals surface area contributed by atoms with Crippen LogP contribution in [0.4, 0.5) is 20.3 Å². The molecule has 1 aromatic carbocycles. The molecule has 5 rings (SSSR count). The van der Waals surface area contributed by atoms with Gasteiger partial charge in [0.05, 0.1) is 37.6 Å². The summed E-state index contributed by atoms with van der Waals surface area (Å²) < 4.78 is 35.2. The molecule has 0 bridgehead atoms. The van der Waals surface area contributed by atoms with Gasteiger partial charge in [0.2, 0.25) is 0 Å². The summed E-state index contributed by atoms with van der Waals surface area (Å²) in [5.74, 6) is 0.342. The maximum Gasteiger partial charge on any atom is 0.182 e. The smallest absolute Gasteiger partial charge is 0.182 e. The average Bonchev–Trinajstić information content (AvgIpc) is 3.25. The zero-order valence-corrected chi connectivity index (χ0v) is 18.3. The van der Waals surface area contributed by atoms with E-state index in [2.05, 4.69) is 30.2 Å². The number of fused-ring (bicyclic) bond motifs is 1. The van der Waals surface area contributed by atoms with Crippen molar-refractivity contribution in [2.24, 2.45) is 0 Å². The number of nitrogens with one attached hydrogen (secondary N) is 1. The molecule has 0 unspecified atom stereocenters. The summed E-state index contributed by atoms with van der Waals surface area (Å²) in [6.07, 6.45) is 4.22. The van der Waals surface area contributed by atoms with E-state index in [0.717, 1.165) is 17.5 Å². The van der Waals surface area contributed by atoms with Crippen LogP contribution in [0.2, 0.25) is 0 Å². The highest BCUT2D eigenvalue weighted by molar-refractivity contribution is 5.87. The highest BCUT2D eigenvalue weighted by atomic mass is 19.1. The van der Waals surface area contributed by atoms with Crippen molar-refractivity contribution in [3.8, 4) is 17.3 Å². The largest absolute Gasteiger partial charge is 0.497 e. The second-order valence-corrected chi connectivity index (χ2v) is 7.53. The fourth-order valence-corrected chi connectivity index (χ4v) is 3.46. The maximum atomic E-state index is 14.3. The summed E-state index contributed by atoms with van der Waals surface area (Å²) in [5.41, 5.74) is 2.77. The number of ether oxygens (including phenoxy) is 1.